The van der Waals surface area contributed by atoms with E-state index in [0.29, 0.717) is 17.3 Å². The van der Waals surface area contributed by atoms with Gasteiger partial charge < -0.3 is 9.84 Å². The van der Waals surface area contributed by atoms with Crippen LogP contribution in [0.25, 0.3) is 11.4 Å². The molecule has 2 aromatic heterocycles. The zero-order valence-corrected chi connectivity index (χ0v) is 14.8. The number of benzene rings is 1. The van der Waals surface area contributed by atoms with E-state index in [0.717, 1.165) is 36.0 Å². The standard InChI is InChI=1S/C20H20N4O2/c1-3-18-23-19(24-26-18)14-4-6-16-13(9-14)5-7-17(16)22-20(25)15-8-12(2)10-21-11-15/h4,6,8-11,17H,3,5,7H2,1-2H3,(H,22,25)/t17-/m1/s1. The van der Waals surface area contributed by atoms with Gasteiger partial charge >= 0.3 is 0 Å². The molecule has 2 heterocycles. The highest BCUT2D eigenvalue weighted by molar-refractivity contribution is 5.94. The number of hydrogen-bond acceptors (Lipinski definition) is 5. The Kier molecular flexibility index (Phi) is 4.24. The van der Waals surface area contributed by atoms with Crippen molar-refractivity contribution in [1.29, 1.82) is 0 Å². The summed E-state index contributed by atoms with van der Waals surface area (Å²) in [7, 11) is 0. The van der Waals surface area contributed by atoms with Crippen molar-refractivity contribution in [1.82, 2.24) is 20.4 Å². The molecule has 4 rings (SSSR count). The number of aromatic nitrogens is 3. The fraction of sp³-hybridized carbons (Fsp3) is 0.300. The smallest absolute Gasteiger partial charge is 0.253 e. The molecule has 0 saturated heterocycles. The molecular formula is C20H20N4O2. The molecule has 0 radical (unpaired) electrons. The Morgan fingerprint density at radius 2 is 2.19 bits per heavy atom. The predicted molar refractivity (Wildman–Crippen MR) is 96.6 cm³/mol. The molecule has 1 amide bonds. The van der Waals surface area contributed by atoms with Crippen LogP contribution < -0.4 is 5.32 Å². The van der Waals surface area contributed by atoms with Crippen molar-refractivity contribution in [2.45, 2.75) is 39.2 Å². The number of hydrogen-bond donors (Lipinski definition) is 1. The van der Waals surface area contributed by atoms with Gasteiger partial charge in [0.05, 0.1) is 11.6 Å². The summed E-state index contributed by atoms with van der Waals surface area (Å²) >= 11 is 0. The largest absolute Gasteiger partial charge is 0.345 e. The number of amides is 1. The van der Waals surface area contributed by atoms with Crippen molar-refractivity contribution in [3.05, 3.63) is 64.8 Å². The number of rotatable bonds is 4. The van der Waals surface area contributed by atoms with Crippen molar-refractivity contribution in [2.75, 3.05) is 0 Å². The van der Waals surface area contributed by atoms with Crippen LogP contribution in [0.1, 0.15) is 52.3 Å². The van der Waals surface area contributed by atoms with E-state index < -0.39 is 0 Å². The van der Waals surface area contributed by atoms with Crippen LogP contribution in [-0.2, 0) is 12.8 Å². The maximum Gasteiger partial charge on any atom is 0.253 e. The van der Waals surface area contributed by atoms with Crippen LogP contribution in [0.4, 0.5) is 0 Å². The van der Waals surface area contributed by atoms with Gasteiger partial charge in [-0.25, -0.2) is 0 Å². The van der Waals surface area contributed by atoms with Gasteiger partial charge in [0, 0.05) is 24.4 Å². The van der Waals surface area contributed by atoms with Crippen LogP contribution in [0.15, 0.2) is 41.2 Å². The van der Waals surface area contributed by atoms with E-state index in [9.17, 15) is 4.79 Å². The SMILES string of the molecule is CCc1nc(-c2ccc3c(c2)CC[C@H]3NC(=O)c2cncc(C)c2)no1. The Labute approximate surface area is 151 Å². The summed E-state index contributed by atoms with van der Waals surface area (Å²) in [5, 5.41) is 7.16. The Balaban J connectivity index is 1.53. The minimum Gasteiger partial charge on any atom is -0.345 e. The number of nitrogens with one attached hydrogen (secondary N) is 1. The van der Waals surface area contributed by atoms with E-state index in [2.05, 4.69) is 32.6 Å². The number of fused-ring (bicyclic) bond motifs is 1. The maximum absolute atomic E-state index is 12.5. The lowest BCUT2D eigenvalue weighted by Gasteiger charge is -2.14. The number of pyridine rings is 1. The summed E-state index contributed by atoms with van der Waals surface area (Å²) < 4.78 is 5.20. The Morgan fingerprint density at radius 1 is 1.31 bits per heavy atom. The minimum atomic E-state index is -0.0890. The molecule has 1 aliphatic carbocycles. The summed E-state index contributed by atoms with van der Waals surface area (Å²) in [5.74, 6) is 1.16. The topological polar surface area (TPSA) is 80.9 Å². The molecule has 0 bridgehead atoms. The molecular weight excluding hydrogens is 328 g/mol. The molecule has 0 saturated carbocycles. The van der Waals surface area contributed by atoms with E-state index in [4.69, 9.17) is 4.52 Å². The first-order valence-corrected chi connectivity index (χ1v) is 8.82. The van der Waals surface area contributed by atoms with Crippen LogP contribution in [0.3, 0.4) is 0 Å². The van der Waals surface area contributed by atoms with Crippen LogP contribution in [0, 0.1) is 6.92 Å². The first-order valence-electron chi connectivity index (χ1n) is 8.82. The first kappa shape index (κ1) is 16.4. The van der Waals surface area contributed by atoms with Gasteiger partial charge in [-0.15, -0.1) is 0 Å². The first-order chi connectivity index (χ1) is 12.6. The molecule has 1 aliphatic rings. The van der Waals surface area contributed by atoms with Crippen molar-refractivity contribution in [3.8, 4) is 11.4 Å². The third-order valence-corrected chi connectivity index (χ3v) is 4.69. The average Bonchev–Trinajstić information content (AvgIpc) is 3.28. The van der Waals surface area contributed by atoms with Crippen LogP contribution in [0.2, 0.25) is 0 Å². The molecule has 0 aliphatic heterocycles. The van der Waals surface area contributed by atoms with Gasteiger partial charge in [-0.2, -0.15) is 4.98 Å². The average molecular weight is 348 g/mol. The van der Waals surface area contributed by atoms with Gasteiger partial charge in [0.15, 0.2) is 0 Å². The van der Waals surface area contributed by atoms with Crippen molar-refractivity contribution >= 4 is 5.91 Å². The fourth-order valence-corrected chi connectivity index (χ4v) is 3.34. The number of aryl methyl sites for hydroxylation is 3. The van der Waals surface area contributed by atoms with Crippen molar-refractivity contribution in [2.24, 2.45) is 0 Å². The second-order valence-electron chi connectivity index (χ2n) is 6.59. The van der Waals surface area contributed by atoms with Gasteiger partial charge in [-0.1, -0.05) is 24.2 Å². The molecule has 0 spiro atoms. The third-order valence-electron chi connectivity index (χ3n) is 4.69. The zero-order valence-electron chi connectivity index (χ0n) is 14.8. The van der Waals surface area contributed by atoms with Crippen molar-refractivity contribution < 1.29 is 9.32 Å². The molecule has 6 nitrogen and oxygen atoms in total. The van der Waals surface area contributed by atoms with E-state index >= 15 is 0 Å². The molecule has 1 atom stereocenters. The Morgan fingerprint density at radius 3 is 2.96 bits per heavy atom. The number of carbonyl (C=O) groups is 1. The fourth-order valence-electron chi connectivity index (χ4n) is 3.34. The van der Waals surface area contributed by atoms with Gasteiger partial charge in [-0.3, -0.25) is 9.78 Å². The Bertz CT molecular complexity index is 964. The summed E-state index contributed by atoms with van der Waals surface area (Å²) in [6.45, 7) is 3.91. The number of carbonyl (C=O) groups excluding carboxylic acids is 1. The van der Waals surface area contributed by atoms with Gasteiger partial charge in [0.25, 0.3) is 5.91 Å². The van der Waals surface area contributed by atoms with E-state index in [1.807, 2.05) is 26.0 Å². The highest BCUT2D eigenvalue weighted by Crippen LogP contribution is 2.34. The monoisotopic (exact) mass is 348 g/mol. The molecule has 1 aromatic carbocycles. The quantitative estimate of drug-likeness (QED) is 0.781. The van der Waals surface area contributed by atoms with E-state index in [1.165, 1.54) is 5.56 Å². The minimum absolute atomic E-state index is 0.0172. The lowest BCUT2D eigenvalue weighted by molar-refractivity contribution is 0.0936. The van der Waals surface area contributed by atoms with Gasteiger partial charge in [0.2, 0.25) is 11.7 Å². The Hall–Kier alpha value is -3.02. The number of nitrogens with zero attached hydrogens (tertiary/aromatic N) is 3. The molecule has 0 unspecified atom stereocenters. The van der Waals surface area contributed by atoms with Crippen LogP contribution >= 0.6 is 0 Å². The molecule has 1 N–H and O–H groups in total. The van der Waals surface area contributed by atoms with E-state index in [-0.39, 0.29) is 11.9 Å². The predicted octanol–water partition coefficient (Wildman–Crippen LogP) is 3.42. The van der Waals surface area contributed by atoms with Crippen LogP contribution in [0.5, 0.6) is 0 Å². The second-order valence-corrected chi connectivity index (χ2v) is 6.59. The lowest BCUT2D eigenvalue weighted by Crippen LogP contribution is -2.27. The maximum atomic E-state index is 12.5. The highest BCUT2D eigenvalue weighted by Gasteiger charge is 2.25. The summed E-state index contributed by atoms with van der Waals surface area (Å²) in [5.41, 5.74) is 4.89. The molecule has 26 heavy (non-hydrogen) atoms. The summed E-state index contributed by atoms with van der Waals surface area (Å²) in [6.07, 6.45) is 5.86. The molecule has 0 fully saturated rings. The zero-order chi connectivity index (χ0) is 18.1. The third kappa shape index (κ3) is 3.10. The molecule has 6 heteroatoms. The van der Waals surface area contributed by atoms with Crippen LogP contribution in [-0.4, -0.2) is 21.0 Å². The highest BCUT2D eigenvalue weighted by atomic mass is 16.5. The van der Waals surface area contributed by atoms with Crippen molar-refractivity contribution in [3.63, 3.8) is 0 Å². The summed E-state index contributed by atoms with van der Waals surface area (Å²) in [4.78, 5) is 21.0. The molecule has 3 aromatic rings. The van der Waals surface area contributed by atoms with E-state index in [1.54, 1.807) is 12.4 Å². The lowest BCUT2D eigenvalue weighted by atomic mass is 10.0. The van der Waals surface area contributed by atoms with Gasteiger partial charge in [-0.05, 0) is 48.6 Å². The normalized spacial score (nSPS) is 15.7. The second kappa shape index (κ2) is 6.71. The molecule has 132 valence electrons. The summed E-state index contributed by atoms with van der Waals surface area (Å²) in [6, 6.07) is 8.01. The van der Waals surface area contributed by atoms with Gasteiger partial charge in [0.1, 0.15) is 0 Å².